The Morgan fingerprint density at radius 1 is 1.32 bits per heavy atom. The number of carboxylic acids is 1. The van der Waals surface area contributed by atoms with Gasteiger partial charge in [0.2, 0.25) is 5.88 Å². The molecule has 0 aliphatic heterocycles. The lowest BCUT2D eigenvalue weighted by Gasteiger charge is -2.03. The second-order valence-corrected chi connectivity index (χ2v) is 7.24. The Morgan fingerprint density at radius 2 is 2.12 bits per heavy atom. The Bertz CT molecular complexity index is 1050. The van der Waals surface area contributed by atoms with Crippen molar-refractivity contribution in [1.82, 2.24) is 14.6 Å². The minimum absolute atomic E-state index is 0.0984. The van der Waals surface area contributed by atoms with Crippen LogP contribution in [-0.4, -0.2) is 25.7 Å². The number of nitrogens with zero attached hydrogens (tertiary/aromatic N) is 3. The number of hydrogen-bond acceptors (Lipinski definition) is 6. The first kappa shape index (κ1) is 15.8. The zero-order valence-electron chi connectivity index (χ0n) is 13.2. The lowest BCUT2D eigenvalue weighted by atomic mass is 10.2. The molecule has 3 heterocycles. The van der Waals surface area contributed by atoms with E-state index in [1.807, 2.05) is 48.8 Å². The molecule has 25 heavy (non-hydrogen) atoms. The van der Waals surface area contributed by atoms with Crippen molar-refractivity contribution < 1.29 is 14.6 Å². The summed E-state index contributed by atoms with van der Waals surface area (Å²) in [5, 5.41) is 16.5. The van der Waals surface area contributed by atoms with Crippen LogP contribution in [0.15, 0.2) is 41.9 Å². The fourth-order valence-corrected chi connectivity index (χ4v) is 4.40. The van der Waals surface area contributed by atoms with Gasteiger partial charge in [0, 0.05) is 11.6 Å². The molecule has 0 saturated heterocycles. The summed E-state index contributed by atoms with van der Waals surface area (Å²) in [7, 11) is 0. The summed E-state index contributed by atoms with van der Waals surface area (Å²) in [5.41, 5.74) is 2.62. The van der Waals surface area contributed by atoms with Gasteiger partial charge in [-0.2, -0.15) is 5.10 Å². The third-order valence-electron chi connectivity index (χ3n) is 3.65. The topological polar surface area (TPSA) is 76.7 Å². The van der Waals surface area contributed by atoms with E-state index in [2.05, 4.69) is 10.1 Å². The first-order chi connectivity index (χ1) is 12.1. The van der Waals surface area contributed by atoms with Gasteiger partial charge in [0.1, 0.15) is 16.4 Å². The molecule has 0 fully saturated rings. The summed E-state index contributed by atoms with van der Waals surface area (Å²) in [6, 6.07) is 9.58. The molecule has 0 aliphatic carbocycles. The van der Waals surface area contributed by atoms with E-state index in [4.69, 9.17) is 4.74 Å². The highest BCUT2D eigenvalue weighted by molar-refractivity contribution is 7.19. The van der Waals surface area contributed by atoms with Gasteiger partial charge >= 0.3 is 5.97 Å². The van der Waals surface area contributed by atoms with E-state index in [0.29, 0.717) is 5.01 Å². The van der Waals surface area contributed by atoms with Crippen LogP contribution in [0.2, 0.25) is 0 Å². The highest BCUT2D eigenvalue weighted by Crippen LogP contribution is 2.38. The molecule has 0 unspecified atom stereocenters. The zero-order chi connectivity index (χ0) is 17.4. The van der Waals surface area contributed by atoms with Gasteiger partial charge in [-0.1, -0.05) is 30.3 Å². The summed E-state index contributed by atoms with van der Waals surface area (Å²) < 4.78 is 7.47. The molecular formula is C17H13N3O3S2. The average molecular weight is 371 g/mol. The summed E-state index contributed by atoms with van der Waals surface area (Å²) in [5.74, 6) is -0.897. The number of aryl methyl sites for hydroxylation is 1. The lowest BCUT2D eigenvalue weighted by molar-refractivity contribution is 0.0697. The first-order valence-corrected chi connectivity index (χ1v) is 9.16. The normalized spacial score (nSPS) is 11.1. The summed E-state index contributed by atoms with van der Waals surface area (Å²) in [6.45, 7) is 2.16. The Labute approximate surface area is 151 Å². The third kappa shape index (κ3) is 2.90. The fraction of sp³-hybridized carbons (Fsp3) is 0.118. The van der Waals surface area contributed by atoms with Gasteiger partial charge in [-0.15, -0.1) is 22.7 Å². The van der Waals surface area contributed by atoms with Gasteiger partial charge in [0.25, 0.3) is 0 Å². The van der Waals surface area contributed by atoms with E-state index in [9.17, 15) is 9.90 Å². The van der Waals surface area contributed by atoms with Crippen molar-refractivity contribution >= 4 is 33.5 Å². The molecule has 1 aromatic carbocycles. The van der Waals surface area contributed by atoms with Crippen LogP contribution in [0.3, 0.4) is 0 Å². The number of aromatic nitrogens is 3. The molecule has 1 N–H and O–H groups in total. The van der Waals surface area contributed by atoms with Gasteiger partial charge in [0.05, 0.1) is 11.3 Å². The molecule has 4 aromatic rings. The van der Waals surface area contributed by atoms with Gasteiger partial charge in [-0.25, -0.2) is 14.3 Å². The number of rotatable bonds is 5. The van der Waals surface area contributed by atoms with Gasteiger partial charge in [0.15, 0.2) is 4.88 Å². The molecular weight excluding hydrogens is 358 g/mol. The van der Waals surface area contributed by atoms with Crippen molar-refractivity contribution in [2.24, 2.45) is 0 Å². The van der Waals surface area contributed by atoms with Crippen molar-refractivity contribution in [3.05, 3.63) is 58.0 Å². The van der Waals surface area contributed by atoms with Crippen LogP contribution in [0.5, 0.6) is 5.88 Å². The van der Waals surface area contributed by atoms with Crippen molar-refractivity contribution in [2.45, 2.75) is 13.5 Å². The number of ether oxygens (including phenoxy) is 1. The predicted octanol–water partition coefficient (Wildman–Crippen LogP) is 4.10. The fourth-order valence-electron chi connectivity index (χ4n) is 2.51. The molecule has 4 rings (SSSR count). The van der Waals surface area contributed by atoms with Crippen LogP contribution in [0.1, 0.15) is 20.9 Å². The first-order valence-electron chi connectivity index (χ1n) is 7.47. The van der Waals surface area contributed by atoms with Crippen LogP contribution in [0, 0.1) is 6.92 Å². The number of hydrogen-bond donors (Lipinski definition) is 1. The minimum Gasteiger partial charge on any atom is -0.477 e. The number of benzene rings is 1. The average Bonchev–Trinajstić information content (AvgIpc) is 3.28. The zero-order valence-corrected chi connectivity index (χ0v) is 14.8. The van der Waals surface area contributed by atoms with Gasteiger partial charge in [-0.3, -0.25) is 0 Å². The van der Waals surface area contributed by atoms with Crippen molar-refractivity contribution in [3.63, 3.8) is 0 Å². The summed E-state index contributed by atoms with van der Waals surface area (Å²) in [6.07, 6.45) is 1.87. The monoisotopic (exact) mass is 371 g/mol. The molecule has 0 atom stereocenters. The van der Waals surface area contributed by atoms with Crippen molar-refractivity contribution in [3.8, 4) is 16.5 Å². The van der Waals surface area contributed by atoms with Crippen LogP contribution < -0.4 is 4.74 Å². The van der Waals surface area contributed by atoms with E-state index in [-0.39, 0.29) is 17.4 Å². The Hall–Kier alpha value is -2.71. The molecule has 0 amide bonds. The maximum atomic E-state index is 11.6. The molecule has 0 spiro atoms. The van der Waals surface area contributed by atoms with Gasteiger partial charge in [-0.05, 0) is 12.5 Å². The van der Waals surface area contributed by atoms with Gasteiger partial charge < -0.3 is 9.84 Å². The van der Waals surface area contributed by atoms with E-state index in [0.717, 1.165) is 33.0 Å². The Morgan fingerprint density at radius 3 is 2.88 bits per heavy atom. The minimum atomic E-state index is -1.04. The molecule has 8 heteroatoms. The van der Waals surface area contributed by atoms with E-state index in [1.165, 1.54) is 0 Å². The van der Waals surface area contributed by atoms with Crippen molar-refractivity contribution in [1.29, 1.82) is 0 Å². The molecule has 126 valence electrons. The predicted molar refractivity (Wildman–Crippen MR) is 96.6 cm³/mol. The highest BCUT2D eigenvalue weighted by Gasteiger charge is 2.23. The Balaban J connectivity index is 1.72. The largest absolute Gasteiger partial charge is 0.477 e. The number of aromatic carboxylic acids is 1. The smallest absolute Gasteiger partial charge is 0.351 e. The summed E-state index contributed by atoms with van der Waals surface area (Å²) >= 11 is 2.65. The van der Waals surface area contributed by atoms with Crippen LogP contribution >= 0.6 is 22.7 Å². The summed E-state index contributed by atoms with van der Waals surface area (Å²) in [4.78, 5) is 17.1. The number of thiazole rings is 2. The quantitative estimate of drug-likeness (QED) is 0.571. The molecule has 0 radical (unpaired) electrons. The van der Waals surface area contributed by atoms with Crippen molar-refractivity contribution in [2.75, 3.05) is 0 Å². The SMILES string of the molecule is Cc1nn2ccsc2c1-c1nc(OCc2ccccc2)c(C(=O)O)s1. The van der Waals surface area contributed by atoms with E-state index in [1.54, 1.807) is 15.9 Å². The number of carboxylic acid groups (broad SMARTS) is 1. The maximum Gasteiger partial charge on any atom is 0.351 e. The highest BCUT2D eigenvalue weighted by atomic mass is 32.1. The third-order valence-corrected chi connectivity index (χ3v) is 5.56. The van der Waals surface area contributed by atoms with Crippen LogP contribution in [-0.2, 0) is 6.61 Å². The molecule has 0 saturated carbocycles. The maximum absolute atomic E-state index is 11.6. The van der Waals surface area contributed by atoms with E-state index < -0.39 is 5.97 Å². The number of fused-ring (bicyclic) bond motifs is 1. The molecule has 0 aliphatic rings. The molecule has 3 aromatic heterocycles. The molecule has 6 nitrogen and oxygen atoms in total. The second-order valence-electron chi connectivity index (χ2n) is 5.35. The second kappa shape index (κ2) is 6.30. The molecule has 0 bridgehead atoms. The number of carbonyl (C=O) groups is 1. The Kier molecular flexibility index (Phi) is 3.98. The lowest BCUT2D eigenvalue weighted by Crippen LogP contribution is -2.01. The van der Waals surface area contributed by atoms with Crippen LogP contribution in [0.4, 0.5) is 0 Å². The van der Waals surface area contributed by atoms with E-state index >= 15 is 0 Å². The standard InChI is InChI=1S/C17H13N3O3S2/c1-10-12(16-20(19-10)7-8-24-16)15-18-14(13(25-15)17(21)22)23-9-11-5-3-2-4-6-11/h2-8H,9H2,1H3,(H,21,22). The van der Waals surface area contributed by atoms with Crippen LogP contribution in [0.25, 0.3) is 15.4 Å².